The molecule has 8 heteroatoms. The molecule has 0 spiro atoms. The number of methoxy groups -OCH3 is 1. The number of aromatic nitrogens is 2. The molecule has 0 atom stereocenters. The van der Waals surface area contributed by atoms with Gasteiger partial charge in [0.25, 0.3) is 5.91 Å². The highest BCUT2D eigenvalue weighted by Gasteiger charge is 2.16. The fraction of sp³-hybridized carbons (Fsp3) is 0.421. The zero-order valence-electron chi connectivity index (χ0n) is 15.6. The predicted molar refractivity (Wildman–Crippen MR) is 102 cm³/mol. The molecule has 0 radical (unpaired) electrons. The maximum atomic E-state index is 12.2. The van der Waals surface area contributed by atoms with Crippen molar-refractivity contribution in [3.05, 3.63) is 36.0 Å². The lowest BCUT2D eigenvalue weighted by atomic mass is 10.3. The fourth-order valence-electron chi connectivity index (χ4n) is 2.69. The van der Waals surface area contributed by atoms with Crippen LogP contribution in [0.5, 0.6) is 11.6 Å². The van der Waals surface area contributed by atoms with Gasteiger partial charge in [0.05, 0.1) is 26.0 Å². The van der Waals surface area contributed by atoms with E-state index in [1.54, 1.807) is 25.3 Å². The van der Waals surface area contributed by atoms with Crippen molar-refractivity contribution >= 4 is 17.5 Å². The quantitative estimate of drug-likeness (QED) is 0.794. The molecule has 2 aromatic rings. The van der Waals surface area contributed by atoms with Gasteiger partial charge in [0.15, 0.2) is 6.61 Å². The molecule has 1 amide bonds. The molecular weight excluding hydrogens is 348 g/mol. The minimum atomic E-state index is -0.288. The maximum Gasteiger partial charge on any atom is 0.262 e. The Kier molecular flexibility index (Phi) is 6.43. The third kappa shape index (κ3) is 5.07. The molecule has 144 valence electrons. The monoisotopic (exact) mass is 372 g/mol. The highest BCUT2D eigenvalue weighted by atomic mass is 16.5. The van der Waals surface area contributed by atoms with E-state index in [2.05, 4.69) is 20.2 Å². The van der Waals surface area contributed by atoms with Crippen molar-refractivity contribution in [2.24, 2.45) is 0 Å². The van der Waals surface area contributed by atoms with E-state index in [4.69, 9.17) is 14.2 Å². The zero-order valence-corrected chi connectivity index (χ0v) is 15.6. The smallest absolute Gasteiger partial charge is 0.262 e. The molecule has 1 aromatic heterocycles. The van der Waals surface area contributed by atoms with Crippen LogP contribution in [0.4, 0.5) is 11.6 Å². The number of nitrogens with one attached hydrogen (secondary N) is 1. The number of aryl methyl sites for hydroxylation is 1. The van der Waals surface area contributed by atoms with E-state index in [0.29, 0.717) is 36.5 Å². The van der Waals surface area contributed by atoms with Crippen LogP contribution in [0.1, 0.15) is 12.6 Å². The fourth-order valence-corrected chi connectivity index (χ4v) is 2.69. The Balaban J connectivity index is 1.65. The van der Waals surface area contributed by atoms with Crippen molar-refractivity contribution in [3.8, 4) is 11.6 Å². The normalized spacial score (nSPS) is 13.9. The summed E-state index contributed by atoms with van der Waals surface area (Å²) < 4.78 is 16.2. The summed E-state index contributed by atoms with van der Waals surface area (Å²) in [5, 5.41) is 2.78. The largest absolute Gasteiger partial charge is 0.495 e. The standard InChI is InChI=1S/C19H24N4O4/c1-3-14-12-18(22-19(20-14)23-8-10-26-11-9-23)27-13-17(24)21-15-6-4-5-7-16(15)25-2/h4-7,12H,3,8-11,13H2,1-2H3,(H,21,24). The zero-order chi connectivity index (χ0) is 19.1. The van der Waals surface area contributed by atoms with Crippen LogP contribution in [-0.2, 0) is 16.0 Å². The molecule has 0 bridgehead atoms. The molecule has 1 aliphatic heterocycles. The van der Waals surface area contributed by atoms with Crippen LogP contribution < -0.4 is 19.7 Å². The van der Waals surface area contributed by atoms with Crippen LogP contribution in [0.25, 0.3) is 0 Å². The molecule has 0 saturated carbocycles. The molecule has 1 fully saturated rings. The number of para-hydroxylation sites is 2. The Morgan fingerprint density at radius 3 is 2.78 bits per heavy atom. The number of carbonyl (C=O) groups excluding carboxylic acids is 1. The maximum absolute atomic E-state index is 12.2. The van der Waals surface area contributed by atoms with Crippen LogP contribution in [0.15, 0.2) is 30.3 Å². The summed E-state index contributed by atoms with van der Waals surface area (Å²) >= 11 is 0. The highest BCUT2D eigenvalue weighted by Crippen LogP contribution is 2.23. The number of anilines is 2. The third-order valence-corrected chi connectivity index (χ3v) is 4.13. The SMILES string of the molecule is CCc1cc(OCC(=O)Nc2ccccc2OC)nc(N2CCOCC2)n1. The van der Waals surface area contributed by atoms with Crippen molar-refractivity contribution in [1.29, 1.82) is 0 Å². The van der Waals surface area contributed by atoms with Crippen molar-refractivity contribution in [3.63, 3.8) is 0 Å². The Morgan fingerprint density at radius 1 is 1.26 bits per heavy atom. The Bertz CT molecular complexity index is 778. The van der Waals surface area contributed by atoms with Crippen LogP contribution in [0.3, 0.4) is 0 Å². The van der Waals surface area contributed by atoms with Gasteiger partial charge < -0.3 is 24.4 Å². The van der Waals surface area contributed by atoms with Gasteiger partial charge >= 0.3 is 0 Å². The summed E-state index contributed by atoms with van der Waals surface area (Å²) in [5.41, 5.74) is 1.46. The van der Waals surface area contributed by atoms with E-state index in [1.807, 2.05) is 19.1 Å². The van der Waals surface area contributed by atoms with Crippen molar-refractivity contribution < 1.29 is 19.0 Å². The number of carbonyl (C=O) groups is 1. The predicted octanol–water partition coefficient (Wildman–Crippen LogP) is 1.90. The van der Waals surface area contributed by atoms with Crippen LogP contribution in [0.2, 0.25) is 0 Å². The lowest BCUT2D eigenvalue weighted by Crippen LogP contribution is -2.37. The highest BCUT2D eigenvalue weighted by molar-refractivity contribution is 5.93. The summed E-state index contributed by atoms with van der Waals surface area (Å²) in [4.78, 5) is 23.3. The number of nitrogens with zero attached hydrogens (tertiary/aromatic N) is 3. The summed E-state index contributed by atoms with van der Waals surface area (Å²) in [7, 11) is 1.56. The minimum Gasteiger partial charge on any atom is -0.495 e. The second-order valence-electron chi connectivity index (χ2n) is 5.99. The Labute approximate surface area is 158 Å². The molecule has 0 unspecified atom stereocenters. The lowest BCUT2D eigenvalue weighted by molar-refractivity contribution is -0.118. The number of amides is 1. The van der Waals surface area contributed by atoms with Gasteiger partial charge in [-0.15, -0.1) is 0 Å². The van der Waals surface area contributed by atoms with Crippen molar-refractivity contribution in [2.75, 3.05) is 50.2 Å². The Morgan fingerprint density at radius 2 is 2.04 bits per heavy atom. The van der Waals surface area contributed by atoms with E-state index in [1.165, 1.54) is 0 Å². The third-order valence-electron chi connectivity index (χ3n) is 4.13. The summed E-state index contributed by atoms with van der Waals surface area (Å²) in [6, 6.07) is 8.98. The second kappa shape index (κ2) is 9.18. The first-order valence-electron chi connectivity index (χ1n) is 8.96. The van der Waals surface area contributed by atoms with Gasteiger partial charge in [-0.1, -0.05) is 19.1 Å². The average molecular weight is 372 g/mol. The molecule has 1 saturated heterocycles. The molecule has 27 heavy (non-hydrogen) atoms. The number of rotatable bonds is 7. The van der Waals surface area contributed by atoms with E-state index in [9.17, 15) is 4.79 Å². The molecule has 0 aliphatic carbocycles. The van der Waals surface area contributed by atoms with Crippen molar-refractivity contribution in [1.82, 2.24) is 9.97 Å². The molecule has 8 nitrogen and oxygen atoms in total. The number of benzene rings is 1. The van der Waals surface area contributed by atoms with E-state index in [0.717, 1.165) is 25.2 Å². The molecular formula is C19H24N4O4. The Hall–Kier alpha value is -2.87. The van der Waals surface area contributed by atoms with Crippen LogP contribution >= 0.6 is 0 Å². The van der Waals surface area contributed by atoms with E-state index < -0.39 is 0 Å². The van der Waals surface area contributed by atoms with Gasteiger partial charge in [-0.25, -0.2) is 4.98 Å². The van der Waals surface area contributed by atoms with Gasteiger partial charge in [-0.2, -0.15) is 4.98 Å². The topological polar surface area (TPSA) is 85.8 Å². The molecule has 3 rings (SSSR count). The number of ether oxygens (including phenoxy) is 3. The first-order valence-corrected chi connectivity index (χ1v) is 8.96. The number of hydrogen-bond donors (Lipinski definition) is 1. The first kappa shape index (κ1) is 18.9. The van der Waals surface area contributed by atoms with Crippen LogP contribution in [0, 0.1) is 0 Å². The number of morpholine rings is 1. The van der Waals surface area contributed by atoms with Gasteiger partial charge in [0.2, 0.25) is 11.8 Å². The van der Waals surface area contributed by atoms with E-state index in [-0.39, 0.29) is 12.5 Å². The van der Waals surface area contributed by atoms with E-state index >= 15 is 0 Å². The second-order valence-corrected chi connectivity index (χ2v) is 5.99. The summed E-state index contributed by atoms with van der Waals surface area (Å²) in [6.07, 6.45) is 0.754. The first-order chi connectivity index (χ1) is 13.2. The van der Waals surface area contributed by atoms with Crippen LogP contribution in [-0.4, -0.2) is 55.9 Å². The average Bonchev–Trinajstić information content (AvgIpc) is 2.73. The van der Waals surface area contributed by atoms with Gasteiger partial charge in [-0.05, 0) is 18.6 Å². The van der Waals surface area contributed by atoms with Crippen molar-refractivity contribution in [2.45, 2.75) is 13.3 Å². The summed E-state index contributed by atoms with van der Waals surface area (Å²) in [5.74, 6) is 1.30. The number of hydrogen-bond acceptors (Lipinski definition) is 7. The van der Waals surface area contributed by atoms with Gasteiger partial charge in [-0.3, -0.25) is 4.79 Å². The van der Waals surface area contributed by atoms with Gasteiger partial charge in [0.1, 0.15) is 5.75 Å². The minimum absolute atomic E-state index is 0.152. The lowest BCUT2D eigenvalue weighted by Gasteiger charge is -2.27. The molecule has 1 N–H and O–H groups in total. The van der Waals surface area contributed by atoms with Gasteiger partial charge in [0, 0.05) is 24.8 Å². The molecule has 1 aromatic carbocycles. The molecule has 1 aliphatic rings. The summed E-state index contributed by atoms with van der Waals surface area (Å²) in [6.45, 7) is 4.64. The molecule has 2 heterocycles.